The van der Waals surface area contributed by atoms with Crippen LogP contribution in [0.5, 0.6) is 0 Å². The number of Topliss-reactive ketones (excluding diaryl/α,β-unsaturated/α-hetero) is 1. The van der Waals surface area contributed by atoms with Crippen LogP contribution in [0.4, 0.5) is 0 Å². The zero-order valence-corrected chi connectivity index (χ0v) is 12.0. The van der Waals surface area contributed by atoms with E-state index in [4.69, 9.17) is 0 Å². The predicted molar refractivity (Wildman–Crippen MR) is 83.7 cm³/mol. The summed E-state index contributed by atoms with van der Waals surface area (Å²) >= 11 is 0. The predicted octanol–water partition coefficient (Wildman–Crippen LogP) is 2.10. The minimum absolute atomic E-state index is 0.0416. The number of nitrogens with one attached hydrogen (secondary N) is 1. The van der Waals surface area contributed by atoms with E-state index in [1.807, 2.05) is 24.3 Å². The Morgan fingerprint density at radius 3 is 2.83 bits per heavy atom. The molecule has 0 unspecified atom stereocenters. The van der Waals surface area contributed by atoms with E-state index in [0.29, 0.717) is 11.4 Å². The number of tetrazole rings is 1. The number of aromatic nitrogens is 6. The molecule has 1 N–H and O–H groups in total. The Bertz CT molecular complexity index is 972. The number of benzene rings is 1. The zero-order chi connectivity index (χ0) is 15.6. The molecule has 3 aromatic heterocycles. The lowest BCUT2D eigenvalue weighted by Gasteiger charge is -1.98. The molecule has 0 spiro atoms. The average Bonchev–Trinajstić information content (AvgIpc) is 3.22. The van der Waals surface area contributed by atoms with Crippen LogP contribution in [0.25, 0.3) is 22.3 Å². The highest BCUT2D eigenvalue weighted by atomic mass is 16.1. The highest BCUT2D eigenvalue weighted by molar-refractivity contribution is 6.07. The number of rotatable bonds is 4. The van der Waals surface area contributed by atoms with E-state index < -0.39 is 0 Å². The Kier molecular flexibility index (Phi) is 3.16. The molecule has 7 heteroatoms. The molecule has 0 fully saturated rings. The van der Waals surface area contributed by atoms with Crippen LogP contribution in [0.15, 0.2) is 55.0 Å². The lowest BCUT2D eigenvalue weighted by Crippen LogP contribution is -2.13. The summed E-state index contributed by atoms with van der Waals surface area (Å²) in [7, 11) is 0. The van der Waals surface area contributed by atoms with Crippen LogP contribution in [-0.2, 0) is 6.54 Å². The Morgan fingerprint density at radius 2 is 1.96 bits per heavy atom. The molecule has 0 aliphatic heterocycles. The second kappa shape index (κ2) is 5.45. The number of carbonyl (C=O) groups excluding carboxylic acids is 1. The molecular formula is C16H12N6O. The highest BCUT2D eigenvalue weighted by Gasteiger charge is 2.14. The maximum Gasteiger partial charge on any atom is 0.205 e. The number of ketones is 1. The van der Waals surface area contributed by atoms with Crippen LogP contribution in [0.1, 0.15) is 10.4 Å². The molecule has 0 amide bonds. The van der Waals surface area contributed by atoms with Crippen molar-refractivity contribution >= 4 is 16.7 Å². The molecule has 0 aliphatic carbocycles. The first kappa shape index (κ1) is 13.3. The number of aromatic amines is 1. The van der Waals surface area contributed by atoms with Gasteiger partial charge in [0, 0.05) is 40.6 Å². The molecule has 112 valence electrons. The van der Waals surface area contributed by atoms with Crippen molar-refractivity contribution in [3.8, 4) is 11.4 Å². The SMILES string of the molecule is O=C(Cn1nnc(-c2ccncc2)n1)c1c[nH]c2ccccc12. The number of hydrogen-bond acceptors (Lipinski definition) is 5. The number of fused-ring (bicyclic) bond motifs is 1. The van der Waals surface area contributed by atoms with Crippen molar-refractivity contribution in [1.82, 2.24) is 30.2 Å². The third kappa shape index (κ3) is 2.48. The van der Waals surface area contributed by atoms with Crippen molar-refractivity contribution in [2.45, 2.75) is 6.54 Å². The van der Waals surface area contributed by atoms with Gasteiger partial charge >= 0.3 is 0 Å². The molecule has 0 bridgehead atoms. The highest BCUT2D eigenvalue weighted by Crippen LogP contribution is 2.18. The summed E-state index contributed by atoms with van der Waals surface area (Å²) in [6, 6.07) is 11.3. The number of hydrogen-bond donors (Lipinski definition) is 1. The van der Waals surface area contributed by atoms with Crippen molar-refractivity contribution in [3.63, 3.8) is 0 Å². The summed E-state index contributed by atoms with van der Waals surface area (Å²) in [5, 5.41) is 13.1. The van der Waals surface area contributed by atoms with Gasteiger partial charge in [-0.25, -0.2) is 0 Å². The molecule has 0 aliphatic rings. The average molecular weight is 304 g/mol. The quantitative estimate of drug-likeness (QED) is 0.583. The van der Waals surface area contributed by atoms with Crippen LogP contribution in [-0.4, -0.2) is 36.0 Å². The second-order valence-corrected chi connectivity index (χ2v) is 5.05. The number of pyridine rings is 1. The zero-order valence-electron chi connectivity index (χ0n) is 12.0. The first-order valence-electron chi connectivity index (χ1n) is 7.09. The van der Waals surface area contributed by atoms with Crippen LogP contribution in [0, 0.1) is 0 Å². The maximum absolute atomic E-state index is 12.5. The summed E-state index contributed by atoms with van der Waals surface area (Å²) in [4.78, 5) is 20.8. The summed E-state index contributed by atoms with van der Waals surface area (Å²) in [6.45, 7) is 0.0416. The van der Waals surface area contributed by atoms with E-state index >= 15 is 0 Å². The molecule has 0 radical (unpaired) electrons. The summed E-state index contributed by atoms with van der Waals surface area (Å²) < 4.78 is 0. The molecule has 0 saturated heterocycles. The molecular weight excluding hydrogens is 292 g/mol. The molecule has 23 heavy (non-hydrogen) atoms. The Labute approximate surface area is 131 Å². The molecule has 1 aromatic carbocycles. The molecule has 0 atom stereocenters. The van der Waals surface area contributed by atoms with Crippen molar-refractivity contribution in [2.75, 3.05) is 0 Å². The summed E-state index contributed by atoms with van der Waals surface area (Å²) in [6.07, 6.45) is 5.04. The Balaban J connectivity index is 1.59. The molecule has 4 aromatic rings. The Hall–Kier alpha value is -3.35. The lowest BCUT2D eigenvalue weighted by atomic mass is 10.1. The van der Waals surface area contributed by atoms with E-state index in [9.17, 15) is 4.79 Å². The first-order valence-corrected chi connectivity index (χ1v) is 7.09. The molecule has 3 heterocycles. The fourth-order valence-corrected chi connectivity index (χ4v) is 2.44. The van der Waals surface area contributed by atoms with Gasteiger partial charge in [0.05, 0.1) is 0 Å². The first-order chi connectivity index (χ1) is 11.3. The normalized spacial score (nSPS) is 11.0. The minimum Gasteiger partial charge on any atom is -0.360 e. The van der Waals surface area contributed by atoms with Gasteiger partial charge in [-0.15, -0.1) is 10.2 Å². The van der Waals surface area contributed by atoms with E-state index in [0.717, 1.165) is 16.5 Å². The van der Waals surface area contributed by atoms with Gasteiger partial charge in [0.15, 0.2) is 5.78 Å². The fourth-order valence-electron chi connectivity index (χ4n) is 2.44. The van der Waals surface area contributed by atoms with E-state index in [1.54, 1.807) is 30.7 Å². The van der Waals surface area contributed by atoms with Gasteiger partial charge in [0.25, 0.3) is 0 Å². The van der Waals surface area contributed by atoms with Crippen LogP contribution in [0.2, 0.25) is 0 Å². The molecule has 7 nitrogen and oxygen atoms in total. The lowest BCUT2D eigenvalue weighted by molar-refractivity contribution is 0.0963. The van der Waals surface area contributed by atoms with Gasteiger partial charge in [0.1, 0.15) is 6.54 Å². The van der Waals surface area contributed by atoms with Crippen LogP contribution in [0.3, 0.4) is 0 Å². The Morgan fingerprint density at radius 1 is 1.13 bits per heavy atom. The minimum atomic E-state index is -0.0684. The topological polar surface area (TPSA) is 89.3 Å². The molecule has 0 saturated carbocycles. The third-order valence-corrected chi connectivity index (χ3v) is 3.57. The van der Waals surface area contributed by atoms with Gasteiger partial charge in [-0.3, -0.25) is 9.78 Å². The van der Waals surface area contributed by atoms with Crippen molar-refractivity contribution in [2.24, 2.45) is 0 Å². The van der Waals surface area contributed by atoms with Gasteiger partial charge < -0.3 is 4.98 Å². The fraction of sp³-hybridized carbons (Fsp3) is 0.0625. The molecule has 4 rings (SSSR count). The number of para-hydroxylation sites is 1. The van der Waals surface area contributed by atoms with Gasteiger partial charge in [-0.1, -0.05) is 18.2 Å². The van der Waals surface area contributed by atoms with Crippen molar-refractivity contribution < 1.29 is 4.79 Å². The smallest absolute Gasteiger partial charge is 0.205 e. The second-order valence-electron chi connectivity index (χ2n) is 5.05. The summed E-state index contributed by atoms with van der Waals surface area (Å²) in [5.41, 5.74) is 2.37. The van der Waals surface area contributed by atoms with Gasteiger partial charge in [-0.2, -0.15) is 4.80 Å². The maximum atomic E-state index is 12.5. The monoisotopic (exact) mass is 304 g/mol. The van der Waals surface area contributed by atoms with Crippen molar-refractivity contribution in [3.05, 3.63) is 60.6 Å². The van der Waals surface area contributed by atoms with E-state index in [1.165, 1.54) is 4.80 Å². The number of carbonyl (C=O) groups is 1. The standard InChI is InChI=1S/C16H12N6O/c23-15(13-9-18-14-4-2-1-3-12(13)14)10-22-20-16(19-21-22)11-5-7-17-8-6-11/h1-9,18H,10H2. The van der Waals surface area contributed by atoms with Gasteiger partial charge in [0.2, 0.25) is 5.82 Å². The van der Waals surface area contributed by atoms with Crippen molar-refractivity contribution in [1.29, 1.82) is 0 Å². The largest absolute Gasteiger partial charge is 0.360 e. The van der Waals surface area contributed by atoms with Crippen LogP contribution < -0.4 is 0 Å². The number of nitrogens with zero attached hydrogens (tertiary/aromatic N) is 5. The van der Waals surface area contributed by atoms with E-state index in [-0.39, 0.29) is 12.3 Å². The van der Waals surface area contributed by atoms with E-state index in [2.05, 4.69) is 25.4 Å². The van der Waals surface area contributed by atoms with Crippen LogP contribution >= 0.6 is 0 Å². The number of H-pyrrole nitrogens is 1. The summed E-state index contributed by atoms with van der Waals surface area (Å²) in [5.74, 6) is 0.403. The van der Waals surface area contributed by atoms with Gasteiger partial charge in [-0.05, 0) is 23.4 Å². The third-order valence-electron chi connectivity index (χ3n) is 3.57.